The summed E-state index contributed by atoms with van der Waals surface area (Å²) in [6, 6.07) is 5.10. The molecule has 0 radical (unpaired) electrons. The van der Waals surface area contributed by atoms with Crippen molar-refractivity contribution in [1.82, 2.24) is 25.0 Å². The number of anilines is 1. The number of piperidine rings is 1. The van der Waals surface area contributed by atoms with E-state index in [1.165, 1.54) is 0 Å². The predicted octanol–water partition coefficient (Wildman–Crippen LogP) is -0.311. The number of nitrogens with two attached hydrogens (primary N) is 1. The SMILES string of the molecule is Cn1nc(CCN)nc1NCc1ccc2c(c1)C(=O)N(C1CCC(=O)NC1=O)C2. The van der Waals surface area contributed by atoms with E-state index in [9.17, 15) is 14.4 Å². The highest BCUT2D eigenvalue weighted by Gasteiger charge is 2.39. The van der Waals surface area contributed by atoms with Crippen LogP contribution in [0.5, 0.6) is 0 Å². The quantitative estimate of drug-likeness (QED) is 0.569. The Hall–Kier alpha value is -3.27. The van der Waals surface area contributed by atoms with Crippen molar-refractivity contribution in [2.75, 3.05) is 11.9 Å². The number of rotatable bonds is 6. The molecule has 0 aliphatic carbocycles. The summed E-state index contributed by atoms with van der Waals surface area (Å²) < 4.78 is 1.66. The van der Waals surface area contributed by atoms with Gasteiger partial charge < -0.3 is 16.0 Å². The molecule has 29 heavy (non-hydrogen) atoms. The molecule has 3 amide bonds. The van der Waals surface area contributed by atoms with Crippen molar-refractivity contribution in [2.45, 2.75) is 38.4 Å². The number of hydrogen-bond donors (Lipinski definition) is 3. The van der Waals surface area contributed by atoms with E-state index in [2.05, 4.69) is 20.7 Å². The summed E-state index contributed by atoms with van der Waals surface area (Å²) >= 11 is 0. The van der Waals surface area contributed by atoms with Gasteiger partial charge in [-0.15, -0.1) is 0 Å². The number of aromatic nitrogens is 3. The molecule has 2 aliphatic heterocycles. The van der Waals surface area contributed by atoms with Crippen LogP contribution in [0.1, 0.15) is 40.2 Å². The number of fused-ring (bicyclic) bond motifs is 1. The van der Waals surface area contributed by atoms with Gasteiger partial charge in [0.05, 0.1) is 0 Å². The smallest absolute Gasteiger partial charge is 0.255 e. The van der Waals surface area contributed by atoms with Gasteiger partial charge in [0.25, 0.3) is 5.91 Å². The Morgan fingerprint density at radius 3 is 2.90 bits per heavy atom. The van der Waals surface area contributed by atoms with Gasteiger partial charge in [0.2, 0.25) is 17.8 Å². The maximum Gasteiger partial charge on any atom is 0.255 e. The maximum absolute atomic E-state index is 12.9. The fourth-order valence-corrected chi connectivity index (χ4v) is 3.72. The van der Waals surface area contributed by atoms with Crippen molar-refractivity contribution in [3.63, 3.8) is 0 Å². The third kappa shape index (κ3) is 3.70. The summed E-state index contributed by atoms with van der Waals surface area (Å²) in [7, 11) is 1.80. The van der Waals surface area contributed by atoms with Gasteiger partial charge in [-0.2, -0.15) is 10.1 Å². The second-order valence-corrected chi connectivity index (χ2v) is 7.26. The van der Waals surface area contributed by atoms with Crippen LogP contribution in [0.15, 0.2) is 18.2 Å². The zero-order valence-electron chi connectivity index (χ0n) is 16.1. The number of aryl methyl sites for hydroxylation is 1. The number of hydrogen-bond acceptors (Lipinski definition) is 7. The van der Waals surface area contributed by atoms with E-state index in [0.29, 0.717) is 49.8 Å². The molecule has 152 valence electrons. The van der Waals surface area contributed by atoms with Gasteiger partial charge in [0.1, 0.15) is 6.04 Å². The summed E-state index contributed by atoms with van der Waals surface area (Å²) in [5.74, 6) is 0.439. The Bertz CT molecular complexity index is 984. The van der Waals surface area contributed by atoms with Crippen LogP contribution >= 0.6 is 0 Å². The molecule has 0 saturated carbocycles. The van der Waals surface area contributed by atoms with Crippen LogP contribution < -0.4 is 16.4 Å². The molecule has 2 aliphatic rings. The van der Waals surface area contributed by atoms with Gasteiger partial charge in [-0.25, -0.2) is 4.68 Å². The van der Waals surface area contributed by atoms with Crippen LogP contribution in [-0.2, 0) is 36.1 Å². The van der Waals surface area contributed by atoms with Crippen LogP contribution in [0.2, 0.25) is 0 Å². The molecule has 1 aromatic heterocycles. The number of benzene rings is 1. The normalized spacial score (nSPS) is 18.8. The largest absolute Gasteiger partial charge is 0.350 e. The van der Waals surface area contributed by atoms with E-state index in [0.717, 1.165) is 11.1 Å². The van der Waals surface area contributed by atoms with Gasteiger partial charge in [-0.05, 0) is 30.2 Å². The molecular weight excluding hydrogens is 374 g/mol. The molecule has 4 rings (SSSR count). The number of carbonyl (C=O) groups excluding carboxylic acids is 3. The summed E-state index contributed by atoms with van der Waals surface area (Å²) in [5, 5.41) is 9.83. The molecule has 0 spiro atoms. The number of amides is 3. The minimum absolute atomic E-state index is 0.180. The van der Waals surface area contributed by atoms with Gasteiger partial charge in [-0.1, -0.05) is 12.1 Å². The number of imide groups is 1. The molecule has 3 heterocycles. The maximum atomic E-state index is 12.9. The lowest BCUT2D eigenvalue weighted by atomic mass is 10.0. The summed E-state index contributed by atoms with van der Waals surface area (Å²) in [6.07, 6.45) is 1.21. The average molecular weight is 397 g/mol. The average Bonchev–Trinajstić information content (AvgIpc) is 3.20. The first-order valence-electron chi connectivity index (χ1n) is 9.56. The fourth-order valence-electron chi connectivity index (χ4n) is 3.72. The van der Waals surface area contributed by atoms with Crippen LogP contribution in [0.4, 0.5) is 5.95 Å². The van der Waals surface area contributed by atoms with E-state index in [1.807, 2.05) is 18.2 Å². The second-order valence-electron chi connectivity index (χ2n) is 7.26. The Morgan fingerprint density at radius 1 is 1.31 bits per heavy atom. The van der Waals surface area contributed by atoms with Crippen molar-refractivity contribution in [1.29, 1.82) is 0 Å². The monoisotopic (exact) mass is 397 g/mol. The van der Waals surface area contributed by atoms with E-state index >= 15 is 0 Å². The van der Waals surface area contributed by atoms with Crippen molar-refractivity contribution < 1.29 is 14.4 Å². The number of nitrogens with one attached hydrogen (secondary N) is 2. The van der Waals surface area contributed by atoms with Crippen molar-refractivity contribution >= 4 is 23.7 Å². The van der Waals surface area contributed by atoms with Crippen molar-refractivity contribution in [2.24, 2.45) is 12.8 Å². The third-order valence-corrected chi connectivity index (χ3v) is 5.22. The van der Waals surface area contributed by atoms with Gasteiger partial charge >= 0.3 is 0 Å². The number of carbonyl (C=O) groups is 3. The lowest BCUT2D eigenvalue weighted by molar-refractivity contribution is -0.136. The molecule has 2 aromatic rings. The first-order chi connectivity index (χ1) is 14.0. The van der Waals surface area contributed by atoms with Crippen LogP contribution in [0.3, 0.4) is 0 Å². The Kier molecular flexibility index (Phi) is 5.01. The molecular formula is C19H23N7O3. The molecule has 10 nitrogen and oxygen atoms in total. The summed E-state index contributed by atoms with van der Waals surface area (Å²) in [6.45, 7) is 1.34. The van der Waals surface area contributed by atoms with E-state index in [4.69, 9.17) is 5.73 Å². The minimum atomic E-state index is -0.603. The van der Waals surface area contributed by atoms with Gasteiger partial charge in [-0.3, -0.25) is 19.7 Å². The molecule has 1 atom stereocenters. The van der Waals surface area contributed by atoms with Crippen LogP contribution in [-0.4, -0.2) is 50.0 Å². The Morgan fingerprint density at radius 2 is 2.14 bits per heavy atom. The zero-order valence-corrected chi connectivity index (χ0v) is 16.1. The van der Waals surface area contributed by atoms with Crippen LogP contribution in [0.25, 0.3) is 0 Å². The van der Waals surface area contributed by atoms with Crippen molar-refractivity contribution in [3.8, 4) is 0 Å². The van der Waals surface area contributed by atoms with E-state index < -0.39 is 11.9 Å². The molecule has 1 saturated heterocycles. The first kappa shape index (κ1) is 19.1. The van der Waals surface area contributed by atoms with Gasteiger partial charge in [0, 0.05) is 38.5 Å². The van der Waals surface area contributed by atoms with E-state index in [1.54, 1.807) is 16.6 Å². The van der Waals surface area contributed by atoms with Crippen LogP contribution in [0, 0.1) is 0 Å². The lowest BCUT2D eigenvalue weighted by Gasteiger charge is -2.29. The highest BCUT2D eigenvalue weighted by molar-refractivity contribution is 6.05. The molecule has 10 heteroatoms. The minimum Gasteiger partial charge on any atom is -0.350 e. The topological polar surface area (TPSA) is 135 Å². The highest BCUT2D eigenvalue weighted by atomic mass is 16.2. The lowest BCUT2D eigenvalue weighted by Crippen LogP contribution is -2.52. The predicted molar refractivity (Wildman–Crippen MR) is 104 cm³/mol. The van der Waals surface area contributed by atoms with Crippen molar-refractivity contribution in [3.05, 3.63) is 40.7 Å². The first-order valence-corrected chi connectivity index (χ1v) is 9.56. The number of nitrogens with zero attached hydrogens (tertiary/aromatic N) is 4. The zero-order chi connectivity index (χ0) is 20.5. The molecule has 1 fully saturated rings. The summed E-state index contributed by atoms with van der Waals surface area (Å²) in [5.41, 5.74) is 7.94. The van der Waals surface area contributed by atoms with E-state index in [-0.39, 0.29) is 18.2 Å². The Balaban J connectivity index is 1.45. The molecule has 4 N–H and O–H groups in total. The molecule has 0 bridgehead atoms. The van der Waals surface area contributed by atoms with Gasteiger partial charge in [0.15, 0.2) is 5.82 Å². The fraction of sp³-hybridized carbons (Fsp3) is 0.421. The standard InChI is InChI=1S/C19H23N7O3/c1-25-19(22-15(24-25)6-7-20)21-9-11-2-3-12-10-26(18(29)13(12)8-11)14-4-5-16(27)23-17(14)28/h2-3,8,14H,4-7,9-10,20H2,1H3,(H,21,22,24)(H,23,27,28). The molecule has 1 aromatic carbocycles. The third-order valence-electron chi connectivity index (χ3n) is 5.22. The highest BCUT2D eigenvalue weighted by Crippen LogP contribution is 2.28. The Labute approximate surface area is 167 Å². The summed E-state index contributed by atoms with van der Waals surface area (Å²) in [4.78, 5) is 42.3. The molecule has 1 unspecified atom stereocenters. The second kappa shape index (κ2) is 7.63.